The van der Waals surface area contributed by atoms with Crippen molar-refractivity contribution in [2.45, 2.75) is 30.6 Å². The number of aliphatic imine (C=N–C) groups is 1. The third-order valence-electron chi connectivity index (χ3n) is 3.67. The molecule has 0 bridgehead atoms. The highest BCUT2D eigenvalue weighted by Gasteiger charge is 2.32. The van der Waals surface area contributed by atoms with Crippen molar-refractivity contribution in [1.29, 1.82) is 0 Å². The Labute approximate surface area is 139 Å². The van der Waals surface area contributed by atoms with Gasteiger partial charge in [0.05, 0.1) is 12.6 Å². The molecule has 2 fully saturated rings. The van der Waals surface area contributed by atoms with E-state index < -0.39 is 5.25 Å². The molecule has 122 valence electrons. The van der Waals surface area contributed by atoms with E-state index in [1.54, 1.807) is 0 Å². The van der Waals surface area contributed by atoms with Crippen molar-refractivity contribution in [3.63, 3.8) is 0 Å². The van der Waals surface area contributed by atoms with E-state index in [4.69, 9.17) is 4.74 Å². The van der Waals surface area contributed by atoms with Crippen molar-refractivity contribution >= 4 is 34.4 Å². The van der Waals surface area contributed by atoms with Crippen molar-refractivity contribution in [3.05, 3.63) is 30.3 Å². The van der Waals surface area contributed by atoms with E-state index in [1.165, 1.54) is 11.8 Å². The lowest BCUT2D eigenvalue weighted by atomic mass is 10.2. The number of amides is 2. The van der Waals surface area contributed by atoms with Crippen LogP contribution < -0.4 is 10.6 Å². The molecule has 1 aromatic rings. The zero-order valence-corrected chi connectivity index (χ0v) is 13.5. The number of para-hydroxylation sites is 1. The van der Waals surface area contributed by atoms with Crippen LogP contribution in [0.1, 0.15) is 19.3 Å². The number of hydrogen-bond acceptors (Lipinski definition) is 5. The number of carbonyl (C=O) groups is 2. The highest BCUT2D eigenvalue weighted by atomic mass is 32.2. The number of benzene rings is 1. The van der Waals surface area contributed by atoms with Crippen LogP contribution in [0.15, 0.2) is 35.3 Å². The van der Waals surface area contributed by atoms with Gasteiger partial charge >= 0.3 is 0 Å². The van der Waals surface area contributed by atoms with Gasteiger partial charge in [-0.1, -0.05) is 30.0 Å². The maximum atomic E-state index is 12.0. The maximum Gasteiger partial charge on any atom is 0.240 e. The van der Waals surface area contributed by atoms with Gasteiger partial charge in [0.15, 0.2) is 5.17 Å². The van der Waals surface area contributed by atoms with E-state index >= 15 is 0 Å². The Bertz CT molecular complexity index is 600. The molecule has 0 aliphatic carbocycles. The van der Waals surface area contributed by atoms with Crippen molar-refractivity contribution < 1.29 is 14.3 Å². The third kappa shape index (κ3) is 4.56. The quantitative estimate of drug-likeness (QED) is 0.861. The van der Waals surface area contributed by atoms with Crippen LogP contribution in [0.4, 0.5) is 5.69 Å². The molecule has 2 heterocycles. The molecule has 2 aliphatic rings. The number of carbonyl (C=O) groups excluding carboxylic acids is 2. The van der Waals surface area contributed by atoms with Crippen molar-refractivity contribution in [2.75, 3.05) is 18.5 Å². The van der Waals surface area contributed by atoms with Gasteiger partial charge in [0.25, 0.3) is 0 Å². The van der Waals surface area contributed by atoms with Gasteiger partial charge in [-0.15, -0.1) is 0 Å². The van der Waals surface area contributed by atoms with Crippen LogP contribution in [-0.4, -0.2) is 41.5 Å². The standard InChI is InChI=1S/C16H19N3O3S/c20-14(18-11-5-2-1-3-6-11)9-13-15(21)19-16(23-13)17-10-12-7-4-8-22-12/h1-3,5-6,12-13H,4,7-10H2,(H,18,20)(H,17,19,21)/t12-,13+/m0/s1. The number of thioether (sulfide) groups is 1. The highest BCUT2D eigenvalue weighted by molar-refractivity contribution is 8.15. The molecule has 2 N–H and O–H groups in total. The lowest BCUT2D eigenvalue weighted by molar-refractivity contribution is -0.122. The monoisotopic (exact) mass is 333 g/mol. The first kappa shape index (κ1) is 16.0. The molecule has 2 saturated heterocycles. The molecular formula is C16H19N3O3S. The normalized spacial score (nSPS) is 25.6. The summed E-state index contributed by atoms with van der Waals surface area (Å²) >= 11 is 1.31. The van der Waals surface area contributed by atoms with Crippen LogP contribution in [0, 0.1) is 0 Å². The molecule has 3 rings (SSSR count). The molecule has 2 atom stereocenters. The molecule has 0 saturated carbocycles. The Morgan fingerprint density at radius 2 is 2.22 bits per heavy atom. The van der Waals surface area contributed by atoms with E-state index in [1.807, 2.05) is 30.3 Å². The van der Waals surface area contributed by atoms with E-state index in [0.717, 1.165) is 25.1 Å². The Balaban J connectivity index is 1.49. The van der Waals surface area contributed by atoms with Gasteiger partial charge in [-0.05, 0) is 25.0 Å². The number of amidine groups is 1. The molecule has 2 amide bonds. The number of hydrogen-bond donors (Lipinski definition) is 2. The van der Waals surface area contributed by atoms with Crippen LogP contribution in [0.3, 0.4) is 0 Å². The fraction of sp³-hybridized carbons (Fsp3) is 0.438. The zero-order chi connectivity index (χ0) is 16.1. The second kappa shape index (κ2) is 7.61. The molecule has 0 aromatic heterocycles. The summed E-state index contributed by atoms with van der Waals surface area (Å²) in [5.74, 6) is -0.339. The van der Waals surface area contributed by atoms with E-state index in [0.29, 0.717) is 11.7 Å². The Morgan fingerprint density at radius 3 is 2.96 bits per heavy atom. The molecule has 6 nitrogen and oxygen atoms in total. The smallest absolute Gasteiger partial charge is 0.240 e. The van der Waals surface area contributed by atoms with Crippen molar-refractivity contribution in [1.82, 2.24) is 5.32 Å². The lowest BCUT2D eigenvalue weighted by Gasteiger charge is -2.07. The van der Waals surface area contributed by atoms with Gasteiger partial charge in [-0.25, -0.2) is 0 Å². The largest absolute Gasteiger partial charge is 0.376 e. The highest BCUT2D eigenvalue weighted by Crippen LogP contribution is 2.23. The summed E-state index contributed by atoms with van der Waals surface area (Å²) in [7, 11) is 0. The molecule has 2 aliphatic heterocycles. The number of nitrogens with zero attached hydrogens (tertiary/aromatic N) is 1. The first-order valence-electron chi connectivity index (χ1n) is 7.69. The van der Waals surface area contributed by atoms with Crippen molar-refractivity contribution in [2.24, 2.45) is 4.99 Å². The minimum absolute atomic E-state index is 0.129. The van der Waals surface area contributed by atoms with E-state index in [-0.39, 0.29) is 24.3 Å². The second-order valence-electron chi connectivity index (χ2n) is 5.49. The van der Waals surface area contributed by atoms with Gasteiger partial charge in [-0.2, -0.15) is 0 Å². The minimum atomic E-state index is -0.429. The van der Waals surface area contributed by atoms with Gasteiger partial charge in [0.1, 0.15) is 5.25 Å². The summed E-state index contributed by atoms with van der Waals surface area (Å²) in [6, 6.07) is 9.21. The summed E-state index contributed by atoms with van der Waals surface area (Å²) in [6.07, 6.45) is 2.36. The summed E-state index contributed by atoms with van der Waals surface area (Å²) in [6.45, 7) is 1.35. The first-order chi connectivity index (χ1) is 11.2. The van der Waals surface area contributed by atoms with Crippen LogP contribution in [0.2, 0.25) is 0 Å². The summed E-state index contributed by atoms with van der Waals surface area (Å²) in [4.78, 5) is 28.4. The predicted molar refractivity (Wildman–Crippen MR) is 90.5 cm³/mol. The van der Waals surface area contributed by atoms with Gasteiger partial charge in [0, 0.05) is 18.7 Å². The van der Waals surface area contributed by atoms with Crippen LogP contribution in [0.25, 0.3) is 0 Å². The summed E-state index contributed by atoms with van der Waals surface area (Å²) in [5.41, 5.74) is 0.730. The molecule has 23 heavy (non-hydrogen) atoms. The molecule has 7 heteroatoms. The third-order valence-corrected chi connectivity index (χ3v) is 4.79. The minimum Gasteiger partial charge on any atom is -0.376 e. The molecule has 0 radical (unpaired) electrons. The summed E-state index contributed by atoms with van der Waals surface area (Å²) < 4.78 is 5.50. The second-order valence-corrected chi connectivity index (χ2v) is 6.69. The maximum absolute atomic E-state index is 12.0. The fourth-order valence-corrected chi connectivity index (χ4v) is 3.47. The Morgan fingerprint density at radius 1 is 1.39 bits per heavy atom. The van der Waals surface area contributed by atoms with Gasteiger partial charge in [-0.3, -0.25) is 14.6 Å². The summed E-state index contributed by atoms with van der Waals surface area (Å²) in [5, 5.41) is 5.68. The average Bonchev–Trinajstić information content (AvgIpc) is 3.17. The molecule has 0 spiro atoms. The van der Waals surface area contributed by atoms with Crippen LogP contribution in [-0.2, 0) is 14.3 Å². The number of ether oxygens (including phenoxy) is 1. The molecule has 1 aromatic carbocycles. The fourth-order valence-electron chi connectivity index (χ4n) is 2.49. The number of nitrogens with one attached hydrogen (secondary N) is 2. The first-order valence-corrected chi connectivity index (χ1v) is 8.57. The molecular weight excluding hydrogens is 314 g/mol. The van der Waals surface area contributed by atoms with E-state index in [2.05, 4.69) is 15.6 Å². The lowest BCUT2D eigenvalue weighted by Crippen LogP contribution is -2.28. The average molecular weight is 333 g/mol. The Kier molecular flexibility index (Phi) is 5.30. The van der Waals surface area contributed by atoms with E-state index in [9.17, 15) is 9.59 Å². The molecule has 0 unspecified atom stereocenters. The predicted octanol–water partition coefficient (Wildman–Crippen LogP) is 1.78. The van der Waals surface area contributed by atoms with Crippen LogP contribution in [0.5, 0.6) is 0 Å². The number of anilines is 1. The van der Waals surface area contributed by atoms with Crippen molar-refractivity contribution in [3.8, 4) is 0 Å². The van der Waals surface area contributed by atoms with Gasteiger partial charge in [0.2, 0.25) is 11.8 Å². The Hall–Kier alpha value is -1.86. The SMILES string of the molecule is O=C(C[C@H]1SC(=NC[C@@H]2CCCO2)NC1=O)Nc1ccccc1. The number of rotatable bonds is 5. The van der Waals surface area contributed by atoms with Crippen LogP contribution >= 0.6 is 11.8 Å². The topological polar surface area (TPSA) is 79.8 Å². The van der Waals surface area contributed by atoms with Gasteiger partial charge < -0.3 is 15.4 Å². The zero-order valence-electron chi connectivity index (χ0n) is 12.7.